The van der Waals surface area contributed by atoms with E-state index >= 15 is 0 Å². The number of hydrogen-bond donors (Lipinski definition) is 0. The summed E-state index contributed by atoms with van der Waals surface area (Å²) in [6.45, 7) is 2.07. The number of hydrogen-bond acceptors (Lipinski definition) is 5. The first kappa shape index (κ1) is 15.1. The van der Waals surface area contributed by atoms with Gasteiger partial charge in [0.25, 0.3) is 5.88 Å². The zero-order valence-corrected chi connectivity index (χ0v) is 12.9. The third kappa shape index (κ3) is 3.88. The van der Waals surface area contributed by atoms with Crippen molar-refractivity contribution >= 4 is 0 Å². The van der Waals surface area contributed by atoms with Crippen molar-refractivity contribution < 1.29 is 14.0 Å². The smallest absolute Gasteiger partial charge is 0.286 e. The quantitative estimate of drug-likeness (QED) is 0.608. The third-order valence-corrected chi connectivity index (χ3v) is 3.27. The minimum atomic E-state index is -0.447. The molecule has 1 aromatic heterocycles. The molecule has 0 N–H and O–H groups in total. The summed E-state index contributed by atoms with van der Waals surface area (Å²) >= 11 is 0. The predicted molar refractivity (Wildman–Crippen MR) is 86.1 cm³/mol. The molecular weight excluding hydrogens is 292 g/mol. The molecule has 3 rings (SSSR count). The number of nitrogens with zero attached hydrogens (tertiary/aromatic N) is 2. The molecule has 23 heavy (non-hydrogen) atoms. The van der Waals surface area contributed by atoms with Gasteiger partial charge in [0, 0.05) is 17.3 Å². The number of para-hydroxylation sites is 1. The van der Waals surface area contributed by atoms with Gasteiger partial charge in [-0.3, -0.25) is 0 Å². The van der Waals surface area contributed by atoms with E-state index in [0.717, 1.165) is 24.2 Å². The van der Waals surface area contributed by atoms with E-state index in [0.29, 0.717) is 11.6 Å². The van der Waals surface area contributed by atoms with Gasteiger partial charge in [0.1, 0.15) is 5.75 Å². The highest BCUT2D eigenvalue weighted by molar-refractivity contribution is 5.61. The summed E-state index contributed by atoms with van der Waals surface area (Å²) in [5.41, 5.74) is 0.863. The molecule has 2 aromatic carbocycles. The molecular formula is C18H18N2O3. The summed E-state index contributed by atoms with van der Waals surface area (Å²) in [6.07, 6.45) is 1.20. The zero-order valence-electron chi connectivity index (χ0n) is 12.9. The Morgan fingerprint density at radius 2 is 1.65 bits per heavy atom. The average molecular weight is 310 g/mol. The first-order chi connectivity index (χ1) is 11.4. The fourth-order valence-electron chi connectivity index (χ4n) is 2.18. The molecule has 118 valence electrons. The van der Waals surface area contributed by atoms with Crippen molar-refractivity contribution in [2.45, 2.75) is 26.1 Å². The van der Waals surface area contributed by atoms with E-state index < -0.39 is 6.29 Å². The Labute approximate surface area is 134 Å². The van der Waals surface area contributed by atoms with Crippen LogP contribution in [-0.4, -0.2) is 16.7 Å². The van der Waals surface area contributed by atoms with Gasteiger partial charge < -0.3 is 14.0 Å². The van der Waals surface area contributed by atoms with Gasteiger partial charge in [-0.15, -0.1) is 0 Å². The summed E-state index contributed by atoms with van der Waals surface area (Å²) in [5, 5.41) is 7.55. The average Bonchev–Trinajstić information content (AvgIpc) is 3.05. The molecule has 0 aliphatic rings. The maximum atomic E-state index is 5.89. The van der Waals surface area contributed by atoms with Crippen molar-refractivity contribution in [1.82, 2.24) is 10.4 Å². The van der Waals surface area contributed by atoms with Crippen LogP contribution in [-0.2, 0) is 0 Å². The Balaban J connectivity index is 1.77. The maximum absolute atomic E-state index is 5.89. The number of benzene rings is 2. The molecule has 0 fully saturated rings. The summed E-state index contributed by atoms with van der Waals surface area (Å²) in [6, 6.07) is 19.2. The molecule has 0 amide bonds. The van der Waals surface area contributed by atoms with Crippen LogP contribution in [0.5, 0.6) is 11.6 Å². The lowest BCUT2D eigenvalue weighted by atomic mass is 10.2. The molecule has 5 heteroatoms. The number of ether oxygens (including phenoxy) is 2. The lowest BCUT2D eigenvalue weighted by Crippen LogP contribution is -2.24. The first-order valence-corrected chi connectivity index (χ1v) is 7.63. The van der Waals surface area contributed by atoms with Crippen LogP contribution in [0.4, 0.5) is 0 Å². The molecule has 3 aromatic rings. The van der Waals surface area contributed by atoms with Gasteiger partial charge >= 0.3 is 0 Å². The standard InChI is InChI=1S/C18H18N2O3/c1-2-9-16(21-15-12-7-4-8-13-15)22-18-17(23-20-19-18)14-10-5-3-6-11-14/h3-8,10-13,16H,2,9H2,1H3. The Hall–Kier alpha value is -2.82. The normalized spacial score (nSPS) is 11.9. The molecule has 5 nitrogen and oxygen atoms in total. The predicted octanol–water partition coefficient (Wildman–Crippen LogP) is 4.32. The van der Waals surface area contributed by atoms with Crippen molar-refractivity contribution in [3.8, 4) is 23.0 Å². The van der Waals surface area contributed by atoms with Gasteiger partial charge in [0.05, 0.1) is 0 Å². The van der Waals surface area contributed by atoms with E-state index in [4.69, 9.17) is 14.0 Å². The van der Waals surface area contributed by atoms with Gasteiger partial charge in [-0.05, 0) is 18.6 Å². The fraction of sp³-hybridized carbons (Fsp3) is 0.222. The Bertz CT molecular complexity index is 713. The van der Waals surface area contributed by atoms with Gasteiger partial charge in [-0.2, -0.15) is 0 Å². The van der Waals surface area contributed by atoms with Crippen molar-refractivity contribution in [1.29, 1.82) is 0 Å². The Morgan fingerprint density at radius 3 is 2.35 bits per heavy atom. The molecule has 0 saturated carbocycles. The van der Waals surface area contributed by atoms with Crippen molar-refractivity contribution in [3.63, 3.8) is 0 Å². The van der Waals surface area contributed by atoms with Crippen LogP contribution in [0.3, 0.4) is 0 Å². The molecule has 0 saturated heterocycles. The highest BCUT2D eigenvalue weighted by atomic mass is 16.7. The molecule has 1 atom stereocenters. The number of aromatic nitrogens is 2. The van der Waals surface area contributed by atoms with E-state index in [-0.39, 0.29) is 0 Å². The van der Waals surface area contributed by atoms with E-state index in [1.54, 1.807) is 0 Å². The van der Waals surface area contributed by atoms with Gasteiger partial charge in [0.15, 0.2) is 0 Å². The topological polar surface area (TPSA) is 57.4 Å². The minimum Gasteiger partial charge on any atom is -0.455 e. The van der Waals surface area contributed by atoms with Crippen LogP contribution in [0.2, 0.25) is 0 Å². The molecule has 0 aliphatic carbocycles. The SMILES string of the molecule is CCCC(Oc1ccccc1)Oc1nnoc1-c1ccccc1. The summed E-state index contributed by atoms with van der Waals surface area (Å²) in [5.74, 6) is 1.60. The van der Waals surface area contributed by atoms with Crippen molar-refractivity contribution in [3.05, 3.63) is 60.7 Å². The molecule has 0 bridgehead atoms. The fourth-order valence-corrected chi connectivity index (χ4v) is 2.18. The van der Waals surface area contributed by atoms with E-state index in [2.05, 4.69) is 17.3 Å². The second-order valence-corrected chi connectivity index (χ2v) is 5.04. The van der Waals surface area contributed by atoms with Crippen molar-refractivity contribution in [2.24, 2.45) is 0 Å². The summed E-state index contributed by atoms with van der Waals surface area (Å²) < 4.78 is 17.0. The third-order valence-electron chi connectivity index (χ3n) is 3.27. The van der Waals surface area contributed by atoms with Crippen LogP contribution in [0, 0.1) is 0 Å². The molecule has 0 radical (unpaired) electrons. The second kappa shape index (κ2) is 7.45. The molecule has 1 unspecified atom stereocenters. The van der Waals surface area contributed by atoms with Gasteiger partial charge in [0.2, 0.25) is 12.1 Å². The Kier molecular flexibility index (Phi) is 4.88. The molecule has 0 spiro atoms. The van der Waals surface area contributed by atoms with E-state index in [1.807, 2.05) is 60.7 Å². The largest absolute Gasteiger partial charge is 0.455 e. The number of rotatable bonds is 7. The monoisotopic (exact) mass is 310 g/mol. The maximum Gasteiger partial charge on any atom is 0.286 e. The van der Waals surface area contributed by atoms with Gasteiger partial charge in [-0.1, -0.05) is 60.6 Å². The highest BCUT2D eigenvalue weighted by Gasteiger charge is 2.19. The Morgan fingerprint density at radius 1 is 0.957 bits per heavy atom. The van der Waals surface area contributed by atoms with Crippen LogP contribution >= 0.6 is 0 Å². The summed E-state index contributed by atoms with van der Waals surface area (Å²) in [7, 11) is 0. The van der Waals surface area contributed by atoms with E-state index in [1.165, 1.54) is 0 Å². The lowest BCUT2D eigenvalue weighted by molar-refractivity contribution is -0.00413. The van der Waals surface area contributed by atoms with Crippen LogP contribution in [0.1, 0.15) is 19.8 Å². The first-order valence-electron chi connectivity index (χ1n) is 7.63. The lowest BCUT2D eigenvalue weighted by Gasteiger charge is -2.18. The zero-order chi connectivity index (χ0) is 15.9. The minimum absolute atomic E-state index is 0.339. The molecule has 1 heterocycles. The summed E-state index contributed by atoms with van der Waals surface area (Å²) in [4.78, 5) is 0. The highest BCUT2D eigenvalue weighted by Crippen LogP contribution is 2.29. The van der Waals surface area contributed by atoms with Crippen molar-refractivity contribution in [2.75, 3.05) is 0 Å². The van der Waals surface area contributed by atoms with Crippen LogP contribution < -0.4 is 9.47 Å². The van der Waals surface area contributed by atoms with Crippen LogP contribution in [0.25, 0.3) is 11.3 Å². The molecule has 0 aliphatic heterocycles. The second-order valence-electron chi connectivity index (χ2n) is 5.04. The van der Waals surface area contributed by atoms with Crippen LogP contribution in [0.15, 0.2) is 65.2 Å². The van der Waals surface area contributed by atoms with E-state index in [9.17, 15) is 0 Å². The van der Waals surface area contributed by atoms with Gasteiger partial charge in [-0.25, -0.2) is 0 Å².